The second-order valence-electron chi connectivity index (χ2n) is 6.64. The molecule has 0 spiro atoms. The first-order valence-corrected chi connectivity index (χ1v) is 9.96. The van der Waals surface area contributed by atoms with Gasteiger partial charge in [-0.2, -0.15) is 0 Å². The Morgan fingerprint density at radius 1 is 1.25 bits per heavy atom. The van der Waals surface area contributed by atoms with Crippen LogP contribution in [0.25, 0.3) is 11.3 Å². The third kappa shape index (κ3) is 4.54. The van der Waals surface area contributed by atoms with E-state index >= 15 is 0 Å². The van der Waals surface area contributed by atoms with Crippen molar-refractivity contribution in [3.63, 3.8) is 0 Å². The highest BCUT2D eigenvalue weighted by atomic mass is 32.1. The van der Waals surface area contributed by atoms with Crippen LogP contribution in [0.3, 0.4) is 0 Å². The number of nitrogens with one attached hydrogen (secondary N) is 2. The summed E-state index contributed by atoms with van der Waals surface area (Å²) >= 11 is 7.15. The molecule has 2 aromatic rings. The highest BCUT2D eigenvalue weighted by molar-refractivity contribution is 7.80. The van der Waals surface area contributed by atoms with Gasteiger partial charge in [0.25, 0.3) is 0 Å². The van der Waals surface area contributed by atoms with Gasteiger partial charge in [-0.25, -0.2) is 4.98 Å². The summed E-state index contributed by atoms with van der Waals surface area (Å²) < 4.78 is 0. The molecule has 1 aromatic heterocycles. The summed E-state index contributed by atoms with van der Waals surface area (Å²) in [4.78, 5) is 4.53. The lowest BCUT2D eigenvalue weighted by Gasteiger charge is -2.30. The van der Waals surface area contributed by atoms with E-state index in [1.807, 2.05) is 6.92 Å². The molecule has 0 aliphatic heterocycles. The molecule has 0 radical (unpaired) electrons. The first-order chi connectivity index (χ1) is 11.6. The van der Waals surface area contributed by atoms with Crippen LogP contribution in [-0.4, -0.2) is 16.1 Å². The Morgan fingerprint density at radius 2 is 2.00 bits per heavy atom. The van der Waals surface area contributed by atoms with Crippen molar-refractivity contribution >= 4 is 28.7 Å². The molecule has 128 valence electrons. The summed E-state index contributed by atoms with van der Waals surface area (Å²) in [5, 5.41) is 10.8. The maximum Gasteiger partial charge on any atom is 0.166 e. The number of aryl methyl sites for hydroxylation is 1. The minimum absolute atomic E-state index is 0.522. The number of benzene rings is 1. The van der Waals surface area contributed by atoms with Crippen molar-refractivity contribution in [3.05, 3.63) is 40.2 Å². The Hall–Kier alpha value is -1.46. The van der Waals surface area contributed by atoms with Gasteiger partial charge in [0.15, 0.2) is 5.11 Å². The summed E-state index contributed by atoms with van der Waals surface area (Å²) in [6.07, 6.45) is 5.19. The van der Waals surface area contributed by atoms with Crippen LogP contribution >= 0.6 is 23.6 Å². The molecule has 3 nitrogen and oxygen atoms in total. The molecule has 0 amide bonds. The number of thiocarbonyl (C=S) groups is 1. The van der Waals surface area contributed by atoms with Crippen LogP contribution in [0.5, 0.6) is 0 Å². The Morgan fingerprint density at radius 3 is 2.67 bits per heavy atom. The number of hydrogen-bond acceptors (Lipinski definition) is 3. The zero-order valence-electron chi connectivity index (χ0n) is 14.3. The van der Waals surface area contributed by atoms with Gasteiger partial charge in [0.1, 0.15) is 0 Å². The zero-order valence-corrected chi connectivity index (χ0v) is 16.0. The molecule has 0 bridgehead atoms. The van der Waals surface area contributed by atoms with E-state index in [4.69, 9.17) is 12.2 Å². The van der Waals surface area contributed by atoms with Crippen LogP contribution in [0.15, 0.2) is 29.6 Å². The molecular formula is C19H25N3S2. The molecule has 1 heterocycles. The second-order valence-corrected chi connectivity index (χ2v) is 8.11. The molecule has 0 saturated heterocycles. The maximum absolute atomic E-state index is 5.46. The lowest BCUT2D eigenvalue weighted by molar-refractivity contribution is 0.308. The van der Waals surface area contributed by atoms with Crippen LogP contribution in [0.2, 0.25) is 0 Å². The molecule has 1 aromatic carbocycles. The van der Waals surface area contributed by atoms with Gasteiger partial charge in [0.2, 0.25) is 0 Å². The molecule has 1 aliphatic rings. The van der Waals surface area contributed by atoms with Crippen molar-refractivity contribution in [2.75, 3.05) is 0 Å². The van der Waals surface area contributed by atoms with Crippen molar-refractivity contribution in [3.8, 4) is 11.3 Å². The number of thiazole rings is 1. The Labute approximate surface area is 153 Å². The molecule has 3 rings (SSSR count). The van der Waals surface area contributed by atoms with Crippen molar-refractivity contribution in [1.82, 2.24) is 15.6 Å². The summed E-state index contributed by atoms with van der Waals surface area (Å²) in [6, 6.07) is 9.07. The van der Waals surface area contributed by atoms with E-state index in [-0.39, 0.29) is 0 Å². The van der Waals surface area contributed by atoms with Gasteiger partial charge < -0.3 is 10.6 Å². The van der Waals surface area contributed by atoms with Crippen molar-refractivity contribution in [2.24, 2.45) is 5.92 Å². The predicted octanol–water partition coefficient (Wildman–Crippen LogP) is 4.66. The summed E-state index contributed by atoms with van der Waals surface area (Å²) in [5.41, 5.74) is 3.45. The smallest absolute Gasteiger partial charge is 0.166 e. The highest BCUT2D eigenvalue weighted by Gasteiger charge is 2.21. The van der Waals surface area contributed by atoms with Crippen LogP contribution in [-0.2, 0) is 6.54 Å². The molecule has 24 heavy (non-hydrogen) atoms. The number of nitrogens with zero attached hydrogens (tertiary/aromatic N) is 1. The Bertz CT molecular complexity index is 678. The highest BCUT2D eigenvalue weighted by Crippen LogP contribution is 2.24. The van der Waals surface area contributed by atoms with E-state index in [9.17, 15) is 0 Å². The number of aromatic nitrogens is 1. The van der Waals surface area contributed by atoms with Gasteiger partial charge in [-0.3, -0.25) is 0 Å². The molecule has 2 atom stereocenters. The van der Waals surface area contributed by atoms with E-state index in [1.54, 1.807) is 11.3 Å². The van der Waals surface area contributed by atoms with Crippen LogP contribution in [0.1, 0.15) is 43.2 Å². The Kier molecular flexibility index (Phi) is 5.85. The van der Waals surface area contributed by atoms with Crippen molar-refractivity contribution in [2.45, 2.75) is 52.1 Å². The third-order valence-corrected chi connectivity index (χ3v) is 5.79. The normalized spacial score (nSPS) is 20.6. The predicted molar refractivity (Wildman–Crippen MR) is 106 cm³/mol. The van der Waals surface area contributed by atoms with E-state index in [1.165, 1.54) is 36.8 Å². The second kappa shape index (κ2) is 8.08. The fraction of sp³-hybridized carbons (Fsp3) is 0.474. The SMILES string of the molecule is Cc1nc(-c2ccc(CNC(=S)N[C@@H]3CCCC[C@@H]3C)cc2)cs1. The maximum atomic E-state index is 5.46. The largest absolute Gasteiger partial charge is 0.360 e. The van der Waals surface area contributed by atoms with Crippen LogP contribution in [0, 0.1) is 12.8 Å². The minimum Gasteiger partial charge on any atom is -0.360 e. The van der Waals surface area contributed by atoms with Gasteiger partial charge in [-0.1, -0.05) is 44.0 Å². The minimum atomic E-state index is 0.522. The van der Waals surface area contributed by atoms with Gasteiger partial charge in [0.05, 0.1) is 10.7 Å². The fourth-order valence-electron chi connectivity index (χ4n) is 3.22. The van der Waals surface area contributed by atoms with E-state index in [0.717, 1.165) is 22.4 Å². The van der Waals surface area contributed by atoms with Crippen LogP contribution < -0.4 is 10.6 Å². The number of rotatable bonds is 4. The van der Waals surface area contributed by atoms with Gasteiger partial charge in [0, 0.05) is 23.5 Å². The molecular weight excluding hydrogens is 334 g/mol. The molecule has 1 aliphatic carbocycles. The lowest BCUT2D eigenvalue weighted by atomic mass is 9.86. The Balaban J connectivity index is 1.50. The third-order valence-electron chi connectivity index (χ3n) is 4.75. The van der Waals surface area contributed by atoms with E-state index < -0.39 is 0 Å². The molecule has 0 unspecified atom stereocenters. The molecule has 2 N–H and O–H groups in total. The molecule has 5 heteroatoms. The van der Waals surface area contributed by atoms with E-state index in [2.05, 4.69) is 52.2 Å². The van der Waals surface area contributed by atoms with Crippen molar-refractivity contribution in [1.29, 1.82) is 0 Å². The van der Waals surface area contributed by atoms with E-state index in [0.29, 0.717) is 12.0 Å². The van der Waals surface area contributed by atoms with Gasteiger partial charge in [-0.05, 0) is 43.5 Å². The lowest BCUT2D eigenvalue weighted by Crippen LogP contribution is -2.45. The van der Waals surface area contributed by atoms with Gasteiger partial charge >= 0.3 is 0 Å². The zero-order chi connectivity index (χ0) is 16.9. The molecule has 1 fully saturated rings. The summed E-state index contributed by atoms with van der Waals surface area (Å²) in [5.74, 6) is 0.708. The van der Waals surface area contributed by atoms with Gasteiger partial charge in [-0.15, -0.1) is 11.3 Å². The average molecular weight is 360 g/mol. The topological polar surface area (TPSA) is 37.0 Å². The number of hydrogen-bond donors (Lipinski definition) is 2. The monoisotopic (exact) mass is 359 g/mol. The first-order valence-electron chi connectivity index (χ1n) is 8.67. The fourth-order valence-corrected chi connectivity index (χ4v) is 4.07. The standard InChI is InChI=1S/C19H25N3S2/c1-13-5-3-4-6-17(13)22-19(23)20-11-15-7-9-16(10-8-15)18-12-24-14(2)21-18/h7-10,12-13,17H,3-6,11H2,1-2H3,(H2,20,22,23)/t13-,17+/m0/s1. The molecule has 1 saturated carbocycles. The summed E-state index contributed by atoms with van der Waals surface area (Å²) in [7, 11) is 0. The quantitative estimate of drug-likeness (QED) is 0.779. The van der Waals surface area contributed by atoms with Crippen molar-refractivity contribution < 1.29 is 0 Å². The average Bonchev–Trinajstić information content (AvgIpc) is 3.02. The van der Waals surface area contributed by atoms with Crippen LogP contribution in [0.4, 0.5) is 0 Å². The first kappa shape index (κ1) is 17.4. The summed E-state index contributed by atoms with van der Waals surface area (Å²) in [6.45, 7) is 5.11.